The highest BCUT2D eigenvalue weighted by Gasteiger charge is 2.32. The molecule has 0 amide bonds. The van der Waals surface area contributed by atoms with Crippen molar-refractivity contribution in [1.29, 1.82) is 0 Å². The van der Waals surface area contributed by atoms with Crippen LogP contribution in [0.4, 0.5) is 0 Å². The van der Waals surface area contributed by atoms with E-state index in [1.54, 1.807) is 13.2 Å². The molecule has 24 heavy (non-hydrogen) atoms. The molecule has 2 aromatic carbocycles. The highest BCUT2D eigenvalue weighted by molar-refractivity contribution is 5.91. The number of aromatic nitrogens is 1. The van der Waals surface area contributed by atoms with Gasteiger partial charge in [0.1, 0.15) is 11.5 Å². The van der Waals surface area contributed by atoms with Crippen molar-refractivity contribution >= 4 is 16.9 Å². The van der Waals surface area contributed by atoms with Crippen LogP contribution >= 0.6 is 0 Å². The van der Waals surface area contributed by atoms with E-state index in [1.165, 1.54) is 0 Å². The van der Waals surface area contributed by atoms with E-state index < -0.39 is 0 Å². The van der Waals surface area contributed by atoms with E-state index in [4.69, 9.17) is 9.47 Å². The maximum atomic E-state index is 12.6. The Morgan fingerprint density at radius 1 is 1.08 bits per heavy atom. The maximum Gasteiger partial charge on any atom is 0.312 e. The number of benzene rings is 2. The molecule has 120 valence electrons. The van der Waals surface area contributed by atoms with Crippen LogP contribution in [-0.2, 0) is 4.79 Å². The van der Waals surface area contributed by atoms with Crippen molar-refractivity contribution in [2.24, 2.45) is 0 Å². The molecule has 0 aliphatic carbocycles. The second-order valence-electron chi connectivity index (χ2n) is 5.75. The number of nitrogens with one attached hydrogen (secondary N) is 1. The summed E-state index contributed by atoms with van der Waals surface area (Å²) in [6, 6.07) is 14.7. The molecule has 4 rings (SSSR count). The van der Waals surface area contributed by atoms with Crippen molar-refractivity contribution in [3.05, 3.63) is 70.0 Å². The molecule has 1 aliphatic rings. The van der Waals surface area contributed by atoms with Gasteiger partial charge in [-0.15, -0.1) is 0 Å². The van der Waals surface area contributed by atoms with Crippen molar-refractivity contribution in [1.82, 2.24) is 4.98 Å². The number of carbonyl (C=O) groups is 1. The van der Waals surface area contributed by atoms with Crippen LogP contribution < -0.4 is 15.0 Å². The highest BCUT2D eigenvalue weighted by Crippen LogP contribution is 2.40. The summed E-state index contributed by atoms with van der Waals surface area (Å²) < 4.78 is 10.6. The summed E-state index contributed by atoms with van der Waals surface area (Å²) in [5.74, 6) is 0.427. The first kappa shape index (κ1) is 14.5. The number of rotatable bonds is 2. The molecule has 0 fully saturated rings. The molecule has 5 heteroatoms. The Bertz CT molecular complexity index is 988. The monoisotopic (exact) mass is 321 g/mol. The zero-order valence-electron chi connectivity index (χ0n) is 13.0. The maximum absolute atomic E-state index is 12.6. The SMILES string of the molecule is COc1ccc([C@H]2CC(=O)Oc3c2c(=O)[nH]c2ccccc32)cc1. The van der Waals surface area contributed by atoms with E-state index >= 15 is 0 Å². The van der Waals surface area contributed by atoms with Gasteiger partial charge in [-0.25, -0.2) is 0 Å². The van der Waals surface area contributed by atoms with Gasteiger partial charge in [0.05, 0.1) is 24.6 Å². The second-order valence-corrected chi connectivity index (χ2v) is 5.75. The second kappa shape index (κ2) is 5.53. The van der Waals surface area contributed by atoms with Gasteiger partial charge in [-0.2, -0.15) is 0 Å². The lowest BCUT2D eigenvalue weighted by molar-refractivity contribution is -0.135. The Labute approximate surface area is 137 Å². The van der Waals surface area contributed by atoms with Crippen molar-refractivity contribution in [2.45, 2.75) is 12.3 Å². The fourth-order valence-electron chi connectivity index (χ4n) is 3.20. The van der Waals surface area contributed by atoms with E-state index in [0.29, 0.717) is 16.8 Å². The number of ether oxygens (including phenoxy) is 2. The van der Waals surface area contributed by atoms with E-state index in [1.807, 2.05) is 42.5 Å². The average molecular weight is 321 g/mol. The standard InChI is InChI=1S/C19H15NO4/c1-23-12-8-6-11(7-9-12)14-10-16(21)24-18-13-4-2-3-5-15(13)20-19(22)17(14)18/h2-9,14H,10H2,1H3,(H,20,22)/t14-/m1/s1. The molecule has 3 aromatic rings. The molecule has 0 bridgehead atoms. The summed E-state index contributed by atoms with van der Waals surface area (Å²) in [6.45, 7) is 0. The van der Waals surface area contributed by atoms with Crippen molar-refractivity contribution in [2.75, 3.05) is 7.11 Å². The fraction of sp³-hybridized carbons (Fsp3) is 0.158. The van der Waals surface area contributed by atoms with Crippen LogP contribution in [0.3, 0.4) is 0 Å². The summed E-state index contributed by atoms with van der Waals surface area (Å²) in [7, 11) is 1.60. The van der Waals surface area contributed by atoms with Crippen LogP contribution in [0.5, 0.6) is 11.5 Å². The van der Waals surface area contributed by atoms with Crippen LogP contribution in [0.1, 0.15) is 23.5 Å². The Morgan fingerprint density at radius 2 is 1.83 bits per heavy atom. The number of aromatic amines is 1. The smallest absolute Gasteiger partial charge is 0.312 e. The predicted molar refractivity (Wildman–Crippen MR) is 89.7 cm³/mol. The first-order valence-corrected chi connectivity index (χ1v) is 7.67. The molecular formula is C19H15NO4. The van der Waals surface area contributed by atoms with E-state index in [-0.39, 0.29) is 23.9 Å². The Kier molecular flexibility index (Phi) is 3.34. The van der Waals surface area contributed by atoms with Gasteiger partial charge in [0.15, 0.2) is 0 Å². The van der Waals surface area contributed by atoms with Crippen LogP contribution in [0.25, 0.3) is 10.9 Å². The van der Waals surface area contributed by atoms with E-state index in [0.717, 1.165) is 16.7 Å². The van der Waals surface area contributed by atoms with Crippen LogP contribution in [0.2, 0.25) is 0 Å². The van der Waals surface area contributed by atoms with Gasteiger partial charge < -0.3 is 14.5 Å². The molecule has 0 saturated heterocycles. The van der Waals surface area contributed by atoms with Gasteiger partial charge in [-0.3, -0.25) is 9.59 Å². The van der Waals surface area contributed by atoms with E-state index in [9.17, 15) is 9.59 Å². The average Bonchev–Trinajstić information content (AvgIpc) is 2.61. The number of H-pyrrole nitrogens is 1. The number of esters is 1. The third kappa shape index (κ3) is 2.25. The quantitative estimate of drug-likeness (QED) is 0.737. The summed E-state index contributed by atoms with van der Waals surface area (Å²) in [4.78, 5) is 27.6. The molecule has 0 radical (unpaired) electrons. The van der Waals surface area contributed by atoms with Crippen molar-refractivity contribution in [3.63, 3.8) is 0 Å². The molecule has 1 aromatic heterocycles. The van der Waals surface area contributed by atoms with Gasteiger partial charge in [-0.05, 0) is 29.8 Å². The number of pyridine rings is 1. The van der Waals surface area contributed by atoms with Gasteiger partial charge in [0.25, 0.3) is 5.56 Å². The van der Waals surface area contributed by atoms with Gasteiger partial charge in [0, 0.05) is 11.3 Å². The largest absolute Gasteiger partial charge is 0.497 e. The molecule has 0 spiro atoms. The number of methoxy groups -OCH3 is 1. The highest BCUT2D eigenvalue weighted by atomic mass is 16.5. The van der Waals surface area contributed by atoms with E-state index in [2.05, 4.69) is 4.98 Å². The minimum atomic E-state index is -0.334. The number of hydrogen-bond acceptors (Lipinski definition) is 4. The zero-order chi connectivity index (χ0) is 16.7. The van der Waals surface area contributed by atoms with Crippen LogP contribution in [-0.4, -0.2) is 18.1 Å². The van der Waals surface area contributed by atoms with Crippen LogP contribution in [0, 0.1) is 0 Å². The summed E-state index contributed by atoms with van der Waals surface area (Å²) in [5.41, 5.74) is 1.81. The van der Waals surface area contributed by atoms with Gasteiger partial charge in [-0.1, -0.05) is 24.3 Å². The first-order valence-electron chi connectivity index (χ1n) is 7.67. The normalized spacial score (nSPS) is 16.5. The molecule has 0 saturated carbocycles. The number of carbonyl (C=O) groups excluding carboxylic acids is 1. The zero-order valence-corrected chi connectivity index (χ0v) is 13.0. The third-order valence-electron chi connectivity index (χ3n) is 4.36. The predicted octanol–water partition coefficient (Wildman–Crippen LogP) is 2.98. The molecule has 1 aliphatic heterocycles. The van der Waals surface area contributed by atoms with Crippen molar-refractivity contribution in [3.8, 4) is 11.5 Å². The molecule has 2 heterocycles. The summed E-state index contributed by atoms with van der Waals surface area (Å²) in [6.07, 6.45) is 0.140. The number of para-hydroxylation sites is 1. The van der Waals surface area contributed by atoms with Gasteiger partial charge >= 0.3 is 5.97 Å². The molecular weight excluding hydrogens is 306 g/mol. The van der Waals surface area contributed by atoms with Crippen LogP contribution in [0.15, 0.2) is 53.3 Å². The lowest BCUT2D eigenvalue weighted by Crippen LogP contribution is -2.28. The van der Waals surface area contributed by atoms with Gasteiger partial charge in [0.2, 0.25) is 0 Å². The number of hydrogen-bond donors (Lipinski definition) is 1. The molecule has 1 atom stereocenters. The lowest BCUT2D eigenvalue weighted by Gasteiger charge is -2.25. The minimum absolute atomic E-state index is 0.140. The Balaban J connectivity index is 1.94. The summed E-state index contributed by atoms with van der Waals surface area (Å²) >= 11 is 0. The van der Waals surface area contributed by atoms with Crippen molar-refractivity contribution < 1.29 is 14.3 Å². The fourth-order valence-corrected chi connectivity index (χ4v) is 3.20. The first-order chi connectivity index (χ1) is 11.7. The third-order valence-corrected chi connectivity index (χ3v) is 4.36. The lowest BCUT2D eigenvalue weighted by atomic mass is 9.86. The Hall–Kier alpha value is -3.08. The molecule has 0 unspecified atom stereocenters. The number of fused-ring (bicyclic) bond motifs is 3. The molecule has 5 nitrogen and oxygen atoms in total. The minimum Gasteiger partial charge on any atom is -0.497 e. The molecule has 1 N–H and O–H groups in total. The summed E-state index contributed by atoms with van der Waals surface area (Å²) in [5, 5.41) is 0.735. The Morgan fingerprint density at radius 3 is 2.58 bits per heavy atom. The topological polar surface area (TPSA) is 68.4 Å².